The predicted octanol–water partition coefficient (Wildman–Crippen LogP) is 5.80. The molecule has 164 valence electrons. The van der Waals surface area contributed by atoms with Gasteiger partial charge in [0.25, 0.3) is 0 Å². The van der Waals surface area contributed by atoms with Crippen LogP contribution in [0.2, 0.25) is 0 Å². The van der Waals surface area contributed by atoms with E-state index < -0.39 is 0 Å². The van der Waals surface area contributed by atoms with E-state index >= 15 is 0 Å². The molecular formula is C26H23N5OS. The molecule has 2 heterocycles. The molecule has 0 saturated carbocycles. The first-order valence-electron chi connectivity index (χ1n) is 10.6. The molecule has 5 aromatic rings. The third-order valence-electron chi connectivity index (χ3n) is 5.45. The van der Waals surface area contributed by atoms with E-state index in [1.165, 1.54) is 5.56 Å². The number of thioether (sulfide) groups is 1. The Labute approximate surface area is 196 Å². The predicted molar refractivity (Wildman–Crippen MR) is 132 cm³/mol. The maximum Gasteiger partial charge on any atom is 0.196 e. The van der Waals surface area contributed by atoms with Gasteiger partial charge in [0.2, 0.25) is 0 Å². The zero-order chi connectivity index (χ0) is 22.8. The molecule has 0 spiro atoms. The third kappa shape index (κ3) is 4.19. The number of ether oxygens (including phenoxy) is 1. The van der Waals surface area contributed by atoms with Crippen molar-refractivity contribution in [2.45, 2.75) is 24.8 Å². The fourth-order valence-corrected chi connectivity index (χ4v) is 4.65. The van der Waals surface area contributed by atoms with Gasteiger partial charge in [0.1, 0.15) is 5.75 Å². The fourth-order valence-electron chi connectivity index (χ4n) is 3.69. The number of aryl methyl sites for hydroxylation is 2. The molecule has 0 aliphatic carbocycles. The first-order valence-corrected chi connectivity index (χ1v) is 11.6. The minimum atomic E-state index is 0.638. The summed E-state index contributed by atoms with van der Waals surface area (Å²) >= 11 is 1.60. The molecule has 33 heavy (non-hydrogen) atoms. The lowest BCUT2D eigenvalue weighted by molar-refractivity contribution is 0.416. The average molecular weight is 454 g/mol. The average Bonchev–Trinajstić information content (AvgIpc) is 3.27. The first-order chi connectivity index (χ1) is 16.1. The van der Waals surface area contributed by atoms with Gasteiger partial charge in [-0.2, -0.15) is 0 Å². The van der Waals surface area contributed by atoms with Crippen molar-refractivity contribution < 1.29 is 4.74 Å². The molecule has 0 aliphatic heterocycles. The monoisotopic (exact) mass is 453 g/mol. The minimum Gasteiger partial charge on any atom is -0.496 e. The number of methoxy groups -OCH3 is 1. The molecule has 3 aromatic carbocycles. The quantitative estimate of drug-likeness (QED) is 0.303. The molecule has 0 bridgehead atoms. The Kier molecular flexibility index (Phi) is 5.79. The van der Waals surface area contributed by atoms with Gasteiger partial charge in [-0.3, -0.25) is 4.57 Å². The molecule has 0 atom stereocenters. The summed E-state index contributed by atoms with van der Waals surface area (Å²) in [6.45, 7) is 4.08. The van der Waals surface area contributed by atoms with E-state index in [1.54, 1.807) is 18.9 Å². The van der Waals surface area contributed by atoms with Crippen molar-refractivity contribution >= 4 is 22.8 Å². The molecule has 0 fully saturated rings. The summed E-state index contributed by atoms with van der Waals surface area (Å²) < 4.78 is 7.67. The van der Waals surface area contributed by atoms with Crippen LogP contribution in [-0.2, 0) is 5.75 Å². The highest BCUT2D eigenvalue weighted by Crippen LogP contribution is 2.34. The highest BCUT2D eigenvalue weighted by molar-refractivity contribution is 7.98. The number of hydrogen-bond acceptors (Lipinski definition) is 6. The van der Waals surface area contributed by atoms with Crippen molar-refractivity contribution in [2.24, 2.45) is 0 Å². The molecule has 5 rings (SSSR count). The summed E-state index contributed by atoms with van der Waals surface area (Å²) in [7, 11) is 1.67. The van der Waals surface area contributed by atoms with Crippen LogP contribution in [-0.4, -0.2) is 31.8 Å². The van der Waals surface area contributed by atoms with Crippen molar-refractivity contribution in [1.29, 1.82) is 0 Å². The molecule has 2 aromatic heterocycles. The summed E-state index contributed by atoms with van der Waals surface area (Å²) in [6, 6.07) is 24.2. The smallest absolute Gasteiger partial charge is 0.196 e. The van der Waals surface area contributed by atoms with Crippen LogP contribution >= 0.6 is 11.8 Å². The van der Waals surface area contributed by atoms with Crippen molar-refractivity contribution in [1.82, 2.24) is 24.7 Å². The SMILES string of the molecule is COc1ccccc1-c1nnc(SCc2nc3ccccc3nc2C)n1-c1ccc(C)cc1. The lowest BCUT2D eigenvalue weighted by Gasteiger charge is -2.13. The summed E-state index contributed by atoms with van der Waals surface area (Å²) in [5, 5.41) is 9.89. The summed E-state index contributed by atoms with van der Waals surface area (Å²) in [5.41, 5.74) is 6.75. The Balaban J connectivity index is 1.56. The molecule has 0 unspecified atom stereocenters. The Bertz CT molecular complexity index is 1430. The van der Waals surface area contributed by atoms with Gasteiger partial charge in [-0.15, -0.1) is 10.2 Å². The number of hydrogen-bond donors (Lipinski definition) is 0. The van der Waals surface area contributed by atoms with Gasteiger partial charge in [-0.05, 0) is 50.2 Å². The number of para-hydroxylation sites is 3. The highest BCUT2D eigenvalue weighted by Gasteiger charge is 2.19. The Morgan fingerprint density at radius 1 is 0.818 bits per heavy atom. The first kappa shape index (κ1) is 21.2. The van der Waals surface area contributed by atoms with Gasteiger partial charge in [-0.25, -0.2) is 9.97 Å². The van der Waals surface area contributed by atoms with Crippen LogP contribution in [0.4, 0.5) is 0 Å². The molecule has 6 nitrogen and oxygen atoms in total. The van der Waals surface area contributed by atoms with Crippen LogP contribution in [0.5, 0.6) is 5.75 Å². The van der Waals surface area contributed by atoms with E-state index in [2.05, 4.69) is 46.0 Å². The summed E-state index contributed by atoms with van der Waals surface area (Å²) in [4.78, 5) is 9.55. The number of rotatable bonds is 6. The highest BCUT2D eigenvalue weighted by atomic mass is 32.2. The van der Waals surface area contributed by atoms with Crippen LogP contribution in [0.1, 0.15) is 17.0 Å². The van der Waals surface area contributed by atoms with E-state index in [1.807, 2.05) is 55.5 Å². The van der Waals surface area contributed by atoms with E-state index in [9.17, 15) is 0 Å². The van der Waals surface area contributed by atoms with Gasteiger partial charge in [0, 0.05) is 11.4 Å². The Morgan fingerprint density at radius 3 is 2.27 bits per heavy atom. The second-order valence-electron chi connectivity index (χ2n) is 7.71. The van der Waals surface area contributed by atoms with E-state index in [4.69, 9.17) is 14.7 Å². The van der Waals surface area contributed by atoms with Crippen LogP contribution in [0.3, 0.4) is 0 Å². The minimum absolute atomic E-state index is 0.638. The summed E-state index contributed by atoms with van der Waals surface area (Å²) in [5.74, 6) is 2.13. The summed E-state index contributed by atoms with van der Waals surface area (Å²) in [6.07, 6.45) is 0. The molecule has 0 N–H and O–H groups in total. The van der Waals surface area contributed by atoms with Crippen molar-refractivity contribution in [3.05, 3.63) is 89.7 Å². The zero-order valence-electron chi connectivity index (χ0n) is 18.7. The Hall–Kier alpha value is -3.71. The van der Waals surface area contributed by atoms with Gasteiger partial charge in [0.05, 0.1) is 35.1 Å². The number of benzene rings is 3. The largest absolute Gasteiger partial charge is 0.496 e. The van der Waals surface area contributed by atoms with Gasteiger partial charge < -0.3 is 4.74 Å². The van der Waals surface area contributed by atoms with Crippen molar-refractivity contribution in [3.8, 4) is 22.8 Å². The van der Waals surface area contributed by atoms with Gasteiger partial charge >= 0.3 is 0 Å². The van der Waals surface area contributed by atoms with E-state index in [0.717, 1.165) is 50.4 Å². The zero-order valence-corrected chi connectivity index (χ0v) is 19.5. The van der Waals surface area contributed by atoms with Crippen LogP contribution in [0.25, 0.3) is 28.1 Å². The second kappa shape index (κ2) is 9.03. The van der Waals surface area contributed by atoms with Gasteiger partial charge in [0.15, 0.2) is 11.0 Å². The number of fused-ring (bicyclic) bond motifs is 1. The molecular weight excluding hydrogens is 430 g/mol. The standard InChI is InChI=1S/C26H23N5OS/c1-17-12-14-19(15-13-17)31-25(20-8-4-7-11-24(20)32-3)29-30-26(31)33-16-23-18(2)27-21-9-5-6-10-22(21)28-23/h4-15H,16H2,1-3H3. The third-order valence-corrected chi connectivity index (χ3v) is 6.39. The van der Waals surface area contributed by atoms with Crippen molar-refractivity contribution in [2.75, 3.05) is 7.11 Å². The van der Waals surface area contributed by atoms with Crippen LogP contribution in [0.15, 0.2) is 78.0 Å². The second-order valence-corrected chi connectivity index (χ2v) is 8.65. The molecule has 0 radical (unpaired) electrons. The normalized spacial score (nSPS) is 11.1. The van der Waals surface area contributed by atoms with E-state index in [-0.39, 0.29) is 0 Å². The molecule has 0 amide bonds. The number of aromatic nitrogens is 5. The van der Waals surface area contributed by atoms with E-state index in [0.29, 0.717) is 5.75 Å². The fraction of sp³-hybridized carbons (Fsp3) is 0.154. The Morgan fingerprint density at radius 2 is 1.52 bits per heavy atom. The lowest BCUT2D eigenvalue weighted by Crippen LogP contribution is -2.02. The maximum atomic E-state index is 5.60. The molecule has 0 saturated heterocycles. The molecule has 0 aliphatic rings. The molecule has 7 heteroatoms. The topological polar surface area (TPSA) is 65.7 Å². The maximum absolute atomic E-state index is 5.60. The van der Waals surface area contributed by atoms with Gasteiger partial charge in [-0.1, -0.05) is 53.7 Å². The van der Waals surface area contributed by atoms with Crippen molar-refractivity contribution in [3.63, 3.8) is 0 Å². The van der Waals surface area contributed by atoms with Crippen LogP contribution < -0.4 is 4.74 Å². The number of nitrogens with zero attached hydrogens (tertiary/aromatic N) is 5. The van der Waals surface area contributed by atoms with Crippen LogP contribution in [0, 0.1) is 13.8 Å². The lowest BCUT2D eigenvalue weighted by atomic mass is 10.1.